The van der Waals surface area contributed by atoms with E-state index in [1.54, 1.807) is 6.07 Å². The highest BCUT2D eigenvalue weighted by atomic mass is 35.5. The lowest BCUT2D eigenvalue weighted by Gasteiger charge is -2.32. The molecule has 19 heavy (non-hydrogen) atoms. The van der Waals surface area contributed by atoms with Crippen LogP contribution < -0.4 is 4.90 Å². The van der Waals surface area contributed by atoms with Crippen LogP contribution in [-0.4, -0.2) is 17.6 Å². The molecular weight excluding hydrogens is 258 g/mol. The first-order valence-electron chi connectivity index (χ1n) is 7.04. The van der Waals surface area contributed by atoms with Gasteiger partial charge in [0.15, 0.2) is 5.69 Å². The molecule has 0 N–H and O–H groups in total. The van der Waals surface area contributed by atoms with Gasteiger partial charge in [0.05, 0.1) is 5.02 Å². The first-order valence-corrected chi connectivity index (χ1v) is 7.42. The number of rotatable bonds is 1. The normalized spacial score (nSPS) is 29.9. The molecule has 2 heterocycles. The molecule has 1 aliphatic heterocycles. The van der Waals surface area contributed by atoms with Gasteiger partial charge in [0.1, 0.15) is 11.9 Å². The van der Waals surface area contributed by atoms with Crippen LogP contribution in [0.15, 0.2) is 12.1 Å². The smallest absolute Gasteiger partial charge is 0.161 e. The van der Waals surface area contributed by atoms with Crippen LogP contribution in [-0.2, 0) is 0 Å². The SMILES string of the molecule is CC1CN(c2ccc(Cl)c(C#N)n2)C2CCCCC12. The van der Waals surface area contributed by atoms with E-state index in [4.69, 9.17) is 16.9 Å². The van der Waals surface area contributed by atoms with Gasteiger partial charge in [0.25, 0.3) is 0 Å². The maximum Gasteiger partial charge on any atom is 0.161 e. The van der Waals surface area contributed by atoms with Gasteiger partial charge in [0, 0.05) is 12.6 Å². The van der Waals surface area contributed by atoms with Crippen molar-refractivity contribution in [1.82, 2.24) is 4.98 Å². The zero-order valence-electron chi connectivity index (χ0n) is 11.1. The van der Waals surface area contributed by atoms with Gasteiger partial charge in [-0.05, 0) is 36.8 Å². The van der Waals surface area contributed by atoms with Crippen LogP contribution >= 0.6 is 11.6 Å². The molecule has 0 spiro atoms. The first kappa shape index (κ1) is 12.7. The van der Waals surface area contributed by atoms with E-state index in [9.17, 15) is 0 Å². The lowest BCUT2D eigenvalue weighted by atomic mass is 9.80. The molecule has 0 radical (unpaired) electrons. The molecule has 3 rings (SSSR count). The molecule has 0 amide bonds. The predicted molar refractivity (Wildman–Crippen MR) is 76.2 cm³/mol. The summed E-state index contributed by atoms with van der Waals surface area (Å²) in [7, 11) is 0. The third-order valence-electron chi connectivity index (χ3n) is 4.63. The second-order valence-corrected chi connectivity index (χ2v) is 6.16. The van der Waals surface area contributed by atoms with Crippen molar-refractivity contribution in [1.29, 1.82) is 5.26 Å². The number of nitriles is 1. The van der Waals surface area contributed by atoms with Crippen molar-refractivity contribution in [3.8, 4) is 6.07 Å². The standard InChI is InChI=1S/C15H18ClN3/c1-10-9-19(14-5-3-2-4-11(10)14)15-7-6-12(16)13(8-17)18-15/h6-7,10-11,14H,2-5,9H2,1H3. The Morgan fingerprint density at radius 2 is 2.16 bits per heavy atom. The van der Waals surface area contributed by atoms with Crippen molar-refractivity contribution >= 4 is 17.4 Å². The minimum absolute atomic E-state index is 0.339. The van der Waals surface area contributed by atoms with Gasteiger partial charge in [-0.2, -0.15) is 5.26 Å². The van der Waals surface area contributed by atoms with Crippen molar-refractivity contribution in [2.45, 2.75) is 38.6 Å². The lowest BCUT2D eigenvalue weighted by Crippen LogP contribution is -2.35. The van der Waals surface area contributed by atoms with E-state index in [0.717, 1.165) is 18.3 Å². The Morgan fingerprint density at radius 3 is 2.95 bits per heavy atom. The van der Waals surface area contributed by atoms with Gasteiger partial charge in [-0.1, -0.05) is 31.4 Å². The van der Waals surface area contributed by atoms with E-state index < -0.39 is 0 Å². The lowest BCUT2D eigenvalue weighted by molar-refractivity contribution is 0.293. The number of hydrogen-bond acceptors (Lipinski definition) is 3. The Morgan fingerprint density at radius 1 is 1.37 bits per heavy atom. The maximum absolute atomic E-state index is 9.05. The molecule has 0 aromatic carbocycles. The fourth-order valence-electron chi connectivity index (χ4n) is 3.71. The zero-order chi connectivity index (χ0) is 13.4. The number of aromatic nitrogens is 1. The number of fused-ring (bicyclic) bond motifs is 1. The Balaban J connectivity index is 1.92. The molecule has 4 heteroatoms. The molecule has 2 fully saturated rings. The van der Waals surface area contributed by atoms with Crippen LogP contribution in [0.25, 0.3) is 0 Å². The third-order valence-corrected chi connectivity index (χ3v) is 4.93. The van der Waals surface area contributed by atoms with Crippen LogP contribution in [0.2, 0.25) is 5.02 Å². The average Bonchev–Trinajstić information content (AvgIpc) is 2.77. The molecule has 1 saturated heterocycles. The molecule has 2 aliphatic rings. The molecule has 100 valence electrons. The minimum atomic E-state index is 0.339. The molecule has 3 unspecified atom stereocenters. The first-order chi connectivity index (χ1) is 9.20. The van der Waals surface area contributed by atoms with Gasteiger partial charge >= 0.3 is 0 Å². The summed E-state index contributed by atoms with van der Waals surface area (Å²) in [5.41, 5.74) is 0.339. The van der Waals surface area contributed by atoms with Gasteiger partial charge in [-0.25, -0.2) is 4.98 Å². The summed E-state index contributed by atoms with van der Waals surface area (Å²) in [6, 6.07) is 6.42. The number of anilines is 1. The molecular formula is C15H18ClN3. The Labute approximate surface area is 119 Å². The minimum Gasteiger partial charge on any atom is -0.353 e. The summed E-state index contributed by atoms with van der Waals surface area (Å²) >= 11 is 5.97. The van der Waals surface area contributed by atoms with E-state index >= 15 is 0 Å². The van der Waals surface area contributed by atoms with E-state index in [0.29, 0.717) is 22.7 Å². The van der Waals surface area contributed by atoms with Crippen LogP contribution in [0.4, 0.5) is 5.82 Å². The van der Waals surface area contributed by atoms with Gasteiger partial charge in [-0.15, -0.1) is 0 Å². The largest absolute Gasteiger partial charge is 0.353 e. The highest BCUT2D eigenvalue weighted by Crippen LogP contribution is 2.41. The van der Waals surface area contributed by atoms with Crippen molar-refractivity contribution in [2.24, 2.45) is 11.8 Å². The topological polar surface area (TPSA) is 39.9 Å². The molecule has 3 nitrogen and oxygen atoms in total. The van der Waals surface area contributed by atoms with Gasteiger partial charge in [-0.3, -0.25) is 0 Å². The summed E-state index contributed by atoms with van der Waals surface area (Å²) in [5, 5.41) is 9.50. The number of nitrogens with zero attached hydrogens (tertiary/aromatic N) is 3. The monoisotopic (exact) mass is 275 g/mol. The van der Waals surface area contributed by atoms with Crippen molar-refractivity contribution in [2.75, 3.05) is 11.4 Å². The van der Waals surface area contributed by atoms with E-state index in [1.807, 2.05) is 6.07 Å². The number of halogens is 1. The summed E-state index contributed by atoms with van der Waals surface area (Å²) in [6.07, 6.45) is 5.25. The van der Waals surface area contributed by atoms with Crippen LogP contribution in [0.5, 0.6) is 0 Å². The van der Waals surface area contributed by atoms with Crippen LogP contribution in [0.3, 0.4) is 0 Å². The van der Waals surface area contributed by atoms with Crippen LogP contribution in [0, 0.1) is 23.2 Å². The predicted octanol–water partition coefficient (Wildman–Crippen LogP) is 3.62. The fraction of sp³-hybridized carbons (Fsp3) is 0.600. The van der Waals surface area contributed by atoms with E-state index in [-0.39, 0.29) is 0 Å². The molecule has 0 bridgehead atoms. The second kappa shape index (κ2) is 5.02. The highest BCUT2D eigenvalue weighted by molar-refractivity contribution is 6.31. The summed E-state index contributed by atoms with van der Waals surface area (Å²) in [6.45, 7) is 3.39. The number of hydrogen-bond donors (Lipinski definition) is 0. The van der Waals surface area contributed by atoms with Gasteiger partial charge < -0.3 is 4.90 Å². The van der Waals surface area contributed by atoms with Crippen molar-refractivity contribution in [3.63, 3.8) is 0 Å². The molecule has 3 atom stereocenters. The van der Waals surface area contributed by atoms with Crippen LogP contribution in [0.1, 0.15) is 38.3 Å². The van der Waals surface area contributed by atoms with Gasteiger partial charge in [0.2, 0.25) is 0 Å². The number of pyridine rings is 1. The fourth-order valence-corrected chi connectivity index (χ4v) is 3.85. The van der Waals surface area contributed by atoms with Crippen molar-refractivity contribution in [3.05, 3.63) is 22.8 Å². The van der Waals surface area contributed by atoms with E-state index in [1.165, 1.54) is 25.7 Å². The molecule has 1 aliphatic carbocycles. The average molecular weight is 276 g/mol. The Hall–Kier alpha value is -1.27. The maximum atomic E-state index is 9.05. The Kier molecular flexibility index (Phi) is 3.36. The Bertz CT molecular complexity index is 523. The van der Waals surface area contributed by atoms with Crippen molar-refractivity contribution < 1.29 is 0 Å². The highest BCUT2D eigenvalue weighted by Gasteiger charge is 2.41. The molecule has 1 saturated carbocycles. The summed E-state index contributed by atoms with van der Waals surface area (Å²) in [5.74, 6) is 2.42. The zero-order valence-corrected chi connectivity index (χ0v) is 11.9. The summed E-state index contributed by atoms with van der Waals surface area (Å²) in [4.78, 5) is 6.83. The third kappa shape index (κ3) is 2.19. The quantitative estimate of drug-likeness (QED) is 0.786. The van der Waals surface area contributed by atoms with E-state index in [2.05, 4.69) is 22.9 Å². The summed E-state index contributed by atoms with van der Waals surface area (Å²) < 4.78 is 0. The molecule has 1 aromatic rings. The second-order valence-electron chi connectivity index (χ2n) is 5.76. The molecule has 1 aromatic heterocycles.